The van der Waals surface area contributed by atoms with E-state index in [2.05, 4.69) is 15.1 Å². The highest BCUT2D eigenvalue weighted by Crippen LogP contribution is 2.47. The molecule has 0 N–H and O–H groups in total. The summed E-state index contributed by atoms with van der Waals surface area (Å²) in [6, 6.07) is 1.76. The molecule has 0 saturated heterocycles. The SMILES string of the molecule is O=C1CCCC[C@@]12CCCc1c2noc1-c1ccnc(Cl)n1. The second-order valence-electron chi connectivity index (χ2n) is 6.12. The van der Waals surface area contributed by atoms with Crippen molar-refractivity contribution < 1.29 is 9.32 Å². The molecule has 1 saturated carbocycles. The van der Waals surface area contributed by atoms with Gasteiger partial charge in [-0.15, -0.1) is 0 Å². The maximum absolute atomic E-state index is 12.6. The lowest BCUT2D eigenvalue weighted by atomic mass is 9.64. The van der Waals surface area contributed by atoms with Crippen LogP contribution in [0.2, 0.25) is 5.28 Å². The Kier molecular flexibility index (Phi) is 3.26. The molecule has 2 aromatic heterocycles. The van der Waals surface area contributed by atoms with Crippen LogP contribution in [0.15, 0.2) is 16.8 Å². The zero-order valence-electron chi connectivity index (χ0n) is 12.1. The van der Waals surface area contributed by atoms with Crippen molar-refractivity contribution in [2.45, 2.75) is 50.4 Å². The standard InChI is InChI=1S/C16H16ClN3O2/c17-15-18-9-6-11(19-15)13-10-4-3-8-16(14(10)20-22-13)7-2-1-5-12(16)21/h6,9H,1-5,7-8H2/t16-/m1/s1. The van der Waals surface area contributed by atoms with Gasteiger partial charge in [0.05, 0.1) is 5.41 Å². The summed E-state index contributed by atoms with van der Waals surface area (Å²) in [5, 5.41) is 4.47. The van der Waals surface area contributed by atoms with Crippen molar-refractivity contribution >= 4 is 17.4 Å². The summed E-state index contributed by atoms with van der Waals surface area (Å²) in [6.45, 7) is 0. The molecule has 2 aromatic rings. The monoisotopic (exact) mass is 317 g/mol. The second-order valence-corrected chi connectivity index (χ2v) is 6.45. The van der Waals surface area contributed by atoms with E-state index in [0.717, 1.165) is 49.8 Å². The van der Waals surface area contributed by atoms with Gasteiger partial charge in [-0.05, 0) is 49.8 Å². The Morgan fingerprint density at radius 3 is 2.86 bits per heavy atom. The number of fused-ring (bicyclic) bond motifs is 2. The van der Waals surface area contributed by atoms with Gasteiger partial charge in [-0.1, -0.05) is 11.6 Å². The van der Waals surface area contributed by atoms with E-state index in [-0.39, 0.29) is 5.28 Å². The third-order valence-electron chi connectivity index (χ3n) is 4.92. The van der Waals surface area contributed by atoms with Gasteiger partial charge in [0, 0.05) is 18.2 Å². The highest BCUT2D eigenvalue weighted by molar-refractivity contribution is 6.28. The number of hydrogen-bond donors (Lipinski definition) is 0. The smallest absolute Gasteiger partial charge is 0.222 e. The van der Waals surface area contributed by atoms with Gasteiger partial charge < -0.3 is 4.52 Å². The van der Waals surface area contributed by atoms with Crippen LogP contribution in [0.5, 0.6) is 0 Å². The molecule has 2 aliphatic carbocycles. The number of aromatic nitrogens is 3. The van der Waals surface area contributed by atoms with Crippen LogP contribution in [-0.2, 0) is 16.6 Å². The number of carbonyl (C=O) groups excluding carboxylic acids is 1. The molecule has 114 valence electrons. The highest BCUT2D eigenvalue weighted by atomic mass is 35.5. The number of Topliss-reactive ketones (excluding diaryl/α,β-unsaturated/α-hetero) is 1. The molecule has 0 aromatic carbocycles. The van der Waals surface area contributed by atoms with Gasteiger partial charge in [-0.3, -0.25) is 4.79 Å². The van der Waals surface area contributed by atoms with Crippen LogP contribution < -0.4 is 0 Å². The van der Waals surface area contributed by atoms with Crippen LogP contribution in [0, 0.1) is 0 Å². The Hall–Kier alpha value is -1.75. The zero-order valence-corrected chi connectivity index (χ0v) is 12.9. The van der Waals surface area contributed by atoms with Gasteiger partial charge in [0.2, 0.25) is 5.28 Å². The Bertz CT molecular complexity index is 743. The predicted octanol–water partition coefficient (Wildman–Crippen LogP) is 3.50. The fourth-order valence-corrected chi connectivity index (χ4v) is 4.02. The lowest BCUT2D eigenvalue weighted by molar-refractivity contribution is -0.127. The van der Waals surface area contributed by atoms with E-state index in [4.69, 9.17) is 16.1 Å². The first-order valence-corrected chi connectivity index (χ1v) is 8.10. The molecule has 1 atom stereocenters. The van der Waals surface area contributed by atoms with Crippen LogP contribution >= 0.6 is 11.6 Å². The molecule has 1 fully saturated rings. The Labute approximate surface area is 133 Å². The Morgan fingerprint density at radius 1 is 1.18 bits per heavy atom. The van der Waals surface area contributed by atoms with Crippen LogP contribution in [0.25, 0.3) is 11.5 Å². The van der Waals surface area contributed by atoms with Gasteiger partial charge >= 0.3 is 0 Å². The number of halogens is 1. The van der Waals surface area contributed by atoms with Gasteiger partial charge in [0.1, 0.15) is 17.2 Å². The average Bonchev–Trinajstić information content (AvgIpc) is 2.96. The zero-order chi connectivity index (χ0) is 15.2. The molecular formula is C16H16ClN3O2. The van der Waals surface area contributed by atoms with Crippen LogP contribution in [0.4, 0.5) is 0 Å². The summed E-state index contributed by atoms with van der Waals surface area (Å²) in [4.78, 5) is 20.7. The molecule has 0 bridgehead atoms. The van der Waals surface area contributed by atoms with Crippen LogP contribution in [-0.4, -0.2) is 20.9 Å². The van der Waals surface area contributed by atoms with E-state index in [1.54, 1.807) is 12.3 Å². The first-order valence-electron chi connectivity index (χ1n) is 7.72. The van der Waals surface area contributed by atoms with Gasteiger partial charge in [0.15, 0.2) is 5.76 Å². The summed E-state index contributed by atoms with van der Waals surface area (Å²) < 4.78 is 5.58. The number of ketones is 1. The predicted molar refractivity (Wildman–Crippen MR) is 80.6 cm³/mol. The minimum atomic E-state index is -0.426. The molecular weight excluding hydrogens is 302 g/mol. The van der Waals surface area contributed by atoms with Gasteiger partial charge in [0.25, 0.3) is 0 Å². The lowest BCUT2D eigenvalue weighted by Crippen LogP contribution is -2.41. The fraction of sp³-hybridized carbons (Fsp3) is 0.500. The van der Waals surface area contributed by atoms with E-state index in [9.17, 15) is 4.79 Å². The molecule has 0 unspecified atom stereocenters. The highest BCUT2D eigenvalue weighted by Gasteiger charge is 2.47. The quantitative estimate of drug-likeness (QED) is 0.753. The first kappa shape index (κ1) is 13.9. The molecule has 0 radical (unpaired) electrons. The maximum Gasteiger partial charge on any atom is 0.222 e. The second kappa shape index (κ2) is 5.16. The van der Waals surface area contributed by atoms with Gasteiger partial charge in [-0.2, -0.15) is 0 Å². The topological polar surface area (TPSA) is 68.9 Å². The molecule has 5 nitrogen and oxygen atoms in total. The van der Waals surface area contributed by atoms with Crippen LogP contribution in [0.3, 0.4) is 0 Å². The normalized spacial score (nSPS) is 24.5. The van der Waals surface area contributed by atoms with Crippen molar-refractivity contribution in [2.75, 3.05) is 0 Å². The Balaban J connectivity index is 1.84. The molecule has 0 aliphatic heterocycles. The molecule has 22 heavy (non-hydrogen) atoms. The van der Waals surface area contributed by atoms with Crippen molar-refractivity contribution in [1.29, 1.82) is 0 Å². The van der Waals surface area contributed by atoms with E-state index < -0.39 is 5.41 Å². The number of carbonyl (C=O) groups is 1. The number of nitrogens with zero attached hydrogens (tertiary/aromatic N) is 3. The molecule has 1 spiro atoms. The summed E-state index contributed by atoms with van der Waals surface area (Å²) in [7, 11) is 0. The van der Waals surface area contributed by atoms with Crippen molar-refractivity contribution in [1.82, 2.24) is 15.1 Å². The lowest BCUT2D eigenvalue weighted by Gasteiger charge is -2.37. The van der Waals surface area contributed by atoms with E-state index >= 15 is 0 Å². The minimum Gasteiger partial charge on any atom is -0.354 e. The third kappa shape index (κ3) is 1.99. The summed E-state index contributed by atoms with van der Waals surface area (Å²) >= 11 is 5.87. The largest absolute Gasteiger partial charge is 0.354 e. The van der Waals surface area contributed by atoms with E-state index in [0.29, 0.717) is 23.7 Å². The number of rotatable bonds is 1. The average molecular weight is 318 g/mol. The van der Waals surface area contributed by atoms with Crippen LogP contribution in [0.1, 0.15) is 49.8 Å². The van der Waals surface area contributed by atoms with Gasteiger partial charge in [-0.25, -0.2) is 9.97 Å². The number of hydrogen-bond acceptors (Lipinski definition) is 5. The minimum absolute atomic E-state index is 0.182. The Morgan fingerprint density at radius 2 is 2.05 bits per heavy atom. The van der Waals surface area contributed by atoms with Crippen molar-refractivity contribution in [3.63, 3.8) is 0 Å². The van der Waals surface area contributed by atoms with Crippen molar-refractivity contribution in [3.05, 3.63) is 28.8 Å². The molecule has 2 heterocycles. The van der Waals surface area contributed by atoms with E-state index in [1.165, 1.54) is 0 Å². The summed E-state index contributed by atoms with van der Waals surface area (Å²) in [5.74, 6) is 0.956. The first-order chi connectivity index (χ1) is 10.7. The van der Waals surface area contributed by atoms with Crippen molar-refractivity contribution in [3.8, 4) is 11.5 Å². The molecule has 6 heteroatoms. The third-order valence-corrected chi connectivity index (χ3v) is 5.10. The summed E-state index contributed by atoms with van der Waals surface area (Å²) in [5.41, 5.74) is 2.07. The molecule has 0 amide bonds. The molecule has 2 aliphatic rings. The fourth-order valence-electron chi connectivity index (χ4n) is 3.87. The molecule has 4 rings (SSSR count). The van der Waals surface area contributed by atoms with E-state index in [1.807, 2.05) is 0 Å². The van der Waals surface area contributed by atoms with Crippen molar-refractivity contribution in [2.24, 2.45) is 0 Å². The maximum atomic E-state index is 12.6. The summed E-state index contributed by atoms with van der Waals surface area (Å²) in [6.07, 6.45) is 7.93.